The van der Waals surface area contributed by atoms with Gasteiger partial charge in [0, 0.05) is 32.7 Å². The van der Waals surface area contributed by atoms with Crippen LogP contribution in [0.1, 0.15) is 5.82 Å². The molecular formula is C12H9IrN2-. The summed E-state index contributed by atoms with van der Waals surface area (Å²) in [5, 5.41) is 0. The van der Waals surface area contributed by atoms with Crippen molar-refractivity contribution in [3.63, 3.8) is 0 Å². The first kappa shape index (κ1) is 12.0. The van der Waals surface area contributed by atoms with E-state index in [-0.39, 0.29) is 20.1 Å². The molecule has 0 saturated carbocycles. The van der Waals surface area contributed by atoms with E-state index in [4.69, 9.17) is 6.92 Å². The van der Waals surface area contributed by atoms with Crippen molar-refractivity contribution in [2.24, 2.45) is 0 Å². The average Bonchev–Trinajstić information content (AvgIpc) is 2.30. The van der Waals surface area contributed by atoms with Gasteiger partial charge in [-0.15, -0.1) is 35.9 Å². The maximum absolute atomic E-state index is 5.46. The van der Waals surface area contributed by atoms with Crippen molar-refractivity contribution >= 4 is 0 Å². The van der Waals surface area contributed by atoms with Crippen molar-refractivity contribution in [3.8, 4) is 11.3 Å². The number of benzene rings is 1. The molecule has 2 rings (SSSR count). The topological polar surface area (TPSA) is 25.8 Å². The molecule has 2 aromatic rings. The Morgan fingerprint density at radius 3 is 2.80 bits per heavy atom. The zero-order chi connectivity index (χ0) is 9.80. The molecular weight excluding hydrogens is 364 g/mol. The third-order valence-corrected chi connectivity index (χ3v) is 1.87. The van der Waals surface area contributed by atoms with Crippen LogP contribution in [-0.2, 0) is 26.5 Å². The van der Waals surface area contributed by atoms with E-state index in [1.165, 1.54) is 0 Å². The smallest absolute Gasteiger partial charge is 0.119 e. The molecule has 0 atom stereocenters. The monoisotopic (exact) mass is 374 g/mol. The predicted octanol–water partition coefficient (Wildman–Crippen LogP) is 2.19. The molecule has 0 spiro atoms. The molecule has 15 heavy (non-hydrogen) atoms. The Labute approximate surface area is 103 Å². The third kappa shape index (κ3) is 2.95. The number of hydrogen-bond acceptors (Lipinski definition) is 2. The van der Waals surface area contributed by atoms with E-state index < -0.39 is 0 Å². The van der Waals surface area contributed by atoms with Gasteiger partial charge in [0.25, 0.3) is 0 Å². The summed E-state index contributed by atoms with van der Waals surface area (Å²) in [5.74, 6) is 0.653. The van der Waals surface area contributed by atoms with E-state index in [1.807, 2.05) is 30.3 Å². The number of nitrogens with zero attached hydrogens (tertiary/aromatic N) is 2. The number of rotatable bonds is 2. The molecule has 0 aliphatic carbocycles. The van der Waals surface area contributed by atoms with Crippen LogP contribution in [0.15, 0.2) is 36.5 Å². The van der Waals surface area contributed by atoms with Crippen molar-refractivity contribution < 1.29 is 20.1 Å². The van der Waals surface area contributed by atoms with Gasteiger partial charge in [-0.25, -0.2) is 4.98 Å². The molecule has 0 amide bonds. The Kier molecular flexibility index (Phi) is 4.60. The minimum Gasteiger partial charge on any atom is -0.283 e. The van der Waals surface area contributed by atoms with Gasteiger partial charge in [0.15, 0.2) is 0 Å². The van der Waals surface area contributed by atoms with Crippen LogP contribution in [0.3, 0.4) is 0 Å². The molecule has 1 aromatic carbocycles. The Hall–Kier alpha value is -1.05. The molecule has 1 aromatic heterocycles. The van der Waals surface area contributed by atoms with Crippen LogP contribution in [-0.4, -0.2) is 9.97 Å². The molecule has 2 nitrogen and oxygen atoms in total. The van der Waals surface area contributed by atoms with E-state index in [0.29, 0.717) is 12.2 Å². The largest absolute Gasteiger partial charge is 0.283 e. The molecule has 3 radical (unpaired) electrons. The predicted molar refractivity (Wildman–Crippen MR) is 54.3 cm³/mol. The number of aromatic nitrogens is 2. The summed E-state index contributed by atoms with van der Waals surface area (Å²) in [4.78, 5) is 8.33. The number of hydrogen-bond donors (Lipinski definition) is 0. The van der Waals surface area contributed by atoms with Crippen LogP contribution in [0.25, 0.3) is 11.3 Å². The Bertz CT molecular complexity index is 415. The van der Waals surface area contributed by atoms with Gasteiger partial charge >= 0.3 is 0 Å². The minimum absolute atomic E-state index is 0. The maximum atomic E-state index is 5.46. The van der Waals surface area contributed by atoms with Gasteiger partial charge in [-0.1, -0.05) is 6.07 Å². The van der Waals surface area contributed by atoms with Crippen molar-refractivity contribution in [3.05, 3.63) is 55.3 Å². The minimum atomic E-state index is 0. The van der Waals surface area contributed by atoms with Crippen LogP contribution in [0.5, 0.6) is 0 Å². The molecule has 0 unspecified atom stereocenters. The van der Waals surface area contributed by atoms with E-state index in [1.54, 1.807) is 6.20 Å². The van der Waals surface area contributed by atoms with Crippen molar-refractivity contribution in [2.75, 3.05) is 0 Å². The van der Waals surface area contributed by atoms with Crippen LogP contribution >= 0.6 is 0 Å². The average molecular weight is 373 g/mol. The van der Waals surface area contributed by atoms with Gasteiger partial charge in [-0.05, 0) is 12.6 Å². The summed E-state index contributed by atoms with van der Waals surface area (Å²) >= 11 is 0. The SMILES string of the molecule is [CH]Cc1nccc(-c2[c-]cccc2)n1.[Ir]. The van der Waals surface area contributed by atoms with Gasteiger partial charge in [-0.2, -0.15) is 0 Å². The normalized spacial score (nSPS) is 9.40. The summed E-state index contributed by atoms with van der Waals surface area (Å²) in [6, 6.07) is 12.7. The van der Waals surface area contributed by atoms with Crippen LogP contribution in [0, 0.1) is 13.0 Å². The fourth-order valence-corrected chi connectivity index (χ4v) is 1.20. The molecule has 77 valence electrons. The molecule has 0 fully saturated rings. The van der Waals surface area contributed by atoms with E-state index in [0.717, 1.165) is 11.3 Å². The molecule has 0 aliphatic heterocycles. The van der Waals surface area contributed by atoms with Crippen molar-refractivity contribution in [2.45, 2.75) is 6.42 Å². The summed E-state index contributed by atoms with van der Waals surface area (Å²) in [6.07, 6.45) is 2.08. The van der Waals surface area contributed by atoms with Crippen LogP contribution in [0.2, 0.25) is 0 Å². The molecule has 0 N–H and O–H groups in total. The first-order chi connectivity index (χ1) is 6.90. The molecule has 3 heteroatoms. The van der Waals surface area contributed by atoms with Gasteiger partial charge < -0.3 is 0 Å². The zero-order valence-corrected chi connectivity index (χ0v) is 10.4. The van der Waals surface area contributed by atoms with Gasteiger partial charge in [0.2, 0.25) is 0 Å². The standard InChI is InChI=1S/C12H9N2.Ir/c1-2-12-13-9-8-11(14-12)10-6-4-3-5-7-10;/h1,3-6,8-9H,2H2;/q-1;. The second-order valence-electron chi connectivity index (χ2n) is 2.84. The van der Waals surface area contributed by atoms with E-state index in [9.17, 15) is 0 Å². The summed E-state index contributed by atoms with van der Waals surface area (Å²) in [6.45, 7) is 5.46. The quantitative estimate of drug-likeness (QED) is 0.755. The second kappa shape index (κ2) is 5.74. The summed E-state index contributed by atoms with van der Waals surface area (Å²) in [7, 11) is 0. The molecule has 0 bridgehead atoms. The zero-order valence-electron chi connectivity index (χ0n) is 7.98. The van der Waals surface area contributed by atoms with Gasteiger partial charge in [0.05, 0.1) is 0 Å². The fraction of sp³-hybridized carbons (Fsp3) is 0.0833. The molecule has 0 saturated heterocycles. The van der Waals surface area contributed by atoms with Crippen molar-refractivity contribution in [1.82, 2.24) is 9.97 Å². The Morgan fingerprint density at radius 1 is 1.27 bits per heavy atom. The van der Waals surface area contributed by atoms with Crippen LogP contribution in [0.4, 0.5) is 0 Å². The van der Waals surface area contributed by atoms with E-state index in [2.05, 4.69) is 16.0 Å². The van der Waals surface area contributed by atoms with Gasteiger partial charge in [0.1, 0.15) is 5.82 Å². The van der Waals surface area contributed by atoms with Crippen LogP contribution < -0.4 is 0 Å². The first-order valence-electron chi connectivity index (χ1n) is 4.39. The fourth-order valence-electron chi connectivity index (χ4n) is 1.20. The Morgan fingerprint density at radius 2 is 2.13 bits per heavy atom. The summed E-state index contributed by atoms with van der Waals surface area (Å²) < 4.78 is 0. The van der Waals surface area contributed by atoms with Crippen molar-refractivity contribution in [1.29, 1.82) is 0 Å². The Balaban J connectivity index is 0.00000112. The van der Waals surface area contributed by atoms with Gasteiger partial charge in [-0.3, -0.25) is 4.98 Å². The molecule has 1 heterocycles. The second-order valence-corrected chi connectivity index (χ2v) is 2.84. The third-order valence-electron chi connectivity index (χ3n) is 1.87. The maximum Gasteiger partial charge on any atom is 0.119 e. The summed E-state index contributed by atoms with van der Waals surface area (Å²) in [5.41, 5.74) is 1.82. The first-order valence-corrected chi connectivity index (χ1v) is 4.39. The molecule has 0 aliphatic rings. The van der Waals surface area contributed by atoms with E-state index >= 15 is 0 Å².